The van der Waals surface area contributed by atoms with E-state index in [1.807, 2.05) is 0 Å². The molecule has 1 aromatic heterocycles. The van der Waals surface area contributed by atoms with E-state index in [1.165, 1.54) is 11.1 Å². The van der Waals surface area contributed by atoms with Gasteiger partial charge in [0.15, 0.2) is 0 Å². The predicted octanol–water partition coefficient (Wildman–Crippen LogP) is 0.721. The second-order valence-corrected chi connectivity index (χ2v) is 5.00. The van der Waals surface area contributed by atoms with E-state index in [2.05, 4.69) is 26.2 Å². The first-order chi connectivity index (χ1) is 9.02. The number of pyridine rings is 1. The van der Waals surface area contributed by atoms with Crippen LogP contribution in [0.2, 0.25) is 0 Å². The van der Waals surface area contributed by atoms with Crippen LogP contribution in [0.1, 0.15) is 23.8 Å². The third-order valence-electron chi connectivity index (χ3n) is 2.87. The van der Waals surface area contributed by atoms with Crippen LogP contribution in [0.5, 0.6) is 0 Å². The van der Waals surface area contributed by atoms with E-state index < -0.39 is 11.9 Å². The highest BCUT2D eigenvalue weighted by Gasteiger charge is 2.37. The number of carbonyl (C=O) groups excluding carboxylic acids is 3. The van der Waals surface area contributed by atoms with E-state index in [0.717, 1.165) is 4.47 Å². The van der Waals surface area contributed by atoms with Crippen molar-refractivity contribution in [1.29, 1.82) is 0 Å². The average Bonchev–Trinajstić information content (AvgIpc) is 2.70. The van der Waals surface area contributed by atoms with Crippen LogP contribution in [0.15, 0.2) is 22.8 Å². The molecule has 1 fully saturated rings. The summed E-state index contributed by atoms with van der Waals surface area (Å²) < 4.78 is 0.765. The van der Waals surface area contributed by atoms with Crippen molar-refractivity contribution in [3.8, 4) is 0 Å². The topological polar surface area (TPSA) is 79.4 Å². The molecule has 1 aromatic rings. The molecule has 19 heavy (non-hydrogen) atoms. The molecule has 0 aliphatic carbocycles. The number of halogens is 1. The predicted molar refractivity (Wildman–Crippen MR) is 70.2 cm³/mol. The zero-order chi connectivity index (χ0) is 14.0. The fourth-order valence-electron chi connectivity index (χ4n) is 1.95. The van der Waals surface area contributed by atoms with Gasteiger partial charge in [-0.25, -0.2) is 4.98 Å². The standard InChI is InChI=1S/C12H12BrN3O3/c1-2-16(9-5-10(17)15-11(9)18)12(19)8-4-3-7(13)6-14-8/h3-4,6,9H,2,5H2,1H3,(H,15,17,18)/t9-/m1/s1. The van der Waals surface area contributed by atoms with Gasteiger partial charge >= 0.3 is 0 Å². The minimum Gasteiger partial charge on any atom is -0.325 e. The van der Waals surface area contributed by atoms with Crippen molar-refractivity contribution >= 4 is 33.7 Å². The third-order valence-corrected chi connectivity index (χ3v) is 3.34. The van der Waals surface area contributed by atoms with Crippen molar-refractivity contribution in [3.05, 3.63) is 28.5 Å². The summed E-state index contributed by atoms with van der Waals surface area (Å²) in [4.78, 5) is 40.5. The van der Waals surface area contributed by atoms with Gasteiger partial charge in [-0.2, -0.15) is 0 Å². The molecule has 7 heteroatoms. The maximum absolute atomic E-state index is 12.3. The van der Waals surface area contributed by atoms with Crippen LogP contribution in [0, 0.1) is 0 Å². The molecule has 6 nitrogen and oxygen atoms in total. The Morgan fingerprint density at radius 3 is 2.74 bits per heavy atom. The van der Waals surface area contributed by atoms with Crippen LogP contribution in [0.4, 0.5) is 0 Å². The van der Waals surface area contributed by atoms with Gasteiger partial charge in [-0.05, 0) is 35.0 Å². The van der Waals surface area contributed by atoms with Crippen LogP contribution in [0.25, 0.3) is 0 Å². The lowest BCUT2D eigenvalue weighted by atomic mass is 10.2. The number of likely N-dealkylation sites (N-methyl/N-ethyl adjacent to an activating group) is 1. The van der Waals surface area contributed by atoms with Crippen molar-refractivity contribution < 1.29 is 14.4 Å². The Labute approximate surface area is 118 Å². The van der Waals surface area contributed by atoms with Crippen molar-refractivity contribution in [2.24, 2.45) is 0 Å². The molecule has 1 aliphatic rings. The number of carbonyl (C=O) groups is 3. The molecular weight excluding hydrogens is 314 g/mol. The summed E-state index contributed by atoms with van der Waals surface area (Å²) in [6.07, 6.45) is 1.52. The summed E-state index contributed by atoms with van der Waals surface area (Å²) in [5.41, 5.74) is 0.247. The molecule has 2 heterocycles. The summed E-state index contributed by atoms with van der Waals surface area (Å²) in [6.45, 7) is 2.09. The first-order valence-electron chi connectivity index (χ1n) is 5.79. The van der Waals surface area contributed by atoms with Gasteiger partial charge in [0.25, 0.3) is 5.91 Å². The maximum Gasteiger partial charge on any atom is 0.273 e. The van der Waals surface area contributed by atoms with Gasteiger partial charge in [0.05, 0.1) is 6.42 Å². The molecule has 1 N–H and O–H groups in total. The minimum atomic E-state index is -0.740. The zero-order valence-corrected chi connectivity index (χ0v) is 11.8. The number of aromatic nitrogens is 1. The molecule has 1 atom stereocenters. The van der Waals surface area contributed by atoms with E-state index in [-0.39, 0.29) is 23.9 Å². The van der Waals surface area contributed by atoms with E-state index in [1.54, 1.807) is 19.1 Å². The Kier molecular flexibility index (Phi) is 3.94. The van der Waals surface area contributed by atoms with Crippen LogP contribution in [-0.2, 0) is 9.59 Å². The quantitative estimate of drug-likeness (QED) is 0.830. The van der Waals surface area contributed by atoms with Gasteiger partial charge in [0.1, 0.15) is 11.7 Å². The average molecular weight is 326 g/mol. The van der Waals surface area contributed by atoms with E-state index in [9.17, 15) is 14.4 Å². The smallest absolute Gasteiger partial charge is 0.273 e. The Balaban J connectivity index is 2.22. The Hall–Kier alpha value is -1.76. The Morgan fingerprint density at radius 2 is 2.26 bits per heavy atom. The number of hydrogen-bond acceptors (Lipinski definition) is 4. The van der Waals surface area contributed by atoms with Gasteiger partial charge in [0.2, 0.25) is 11.8 Å². The number of amides is 3. The molecule has 1 aliphatic heterocycles. The highest BCUT2D eigenvalue weighted by molar-refractivity contribution is 9.10. The number of nitrogens with one attached hydrogen (secondary N) is 1. The molecule has 3 amide bonds. The zero-order valence-electron chi connectivity index (χ0n) is 10.2. The van der Waals surface area contributed by atoms with Crippen molar-refractivity contribution in [2.45, 2.75) is 19.4 Å². The third kappa shape index (κ3) is 2.81. The molecular formula is C12H12BrN3O3. The molecule has 100 valence electrons. The molecule has 1 saturated heterocycles. The maximum atomic E-state index is 12.3. The number of nitrogens with zero attached hydrogens (tertiary/aromatic N) is 2. The SMILES string of the molecule is CCN(C(=O)c1ccc(Br)cn1)[C@@H]1CC(=O)NC1=O. The van der Waals surface area contributed by atoms with Crippen LogP contribution >= 0.6 is 15.9 Å². The van der Waals surface area contributed by atoms with Gasteiger partial charge in [-0.1, -0.05) is 0 Å². The van der Waals surface area contributed by atoms with Crippen LogP contribution in [0.3, 0.4) is 0 Å². The molecule has 0 spiro atoms. The van der Waals surface area contributed by atoms with Gasteiger partial charge < -0.3 is 4.90 Å². The molecule has 0 unspecified atom stereocenters. The first-order valence-corrected chi connectivity index (χ1v) is 6.58. The normalized spacial score (nSPS) is 18.3. The van der Waals surface area contributed by atoms with Gasteiger partial charge in [-0.15, -0.1) is 0 Å². The van der Waals surface area contributed by atoms with Crippen molar-refractivity contribution in [1.82, 2.24) is 15.2 Å². The lowest BCUT2D eigenvalue weighted by Gasteiger charge is -2.24. The lowest BCUT2D eigenvalue weighted by molar-refractivity contribution is -0.126. The molecule has 2 rings (SSSR count). The summed E-state index contributed by atoms with van der Waals surface area (Å²) >= 11 is 3.24. The minimum absolute atomic E-state index is 0.00887. The second kappa shape index (κ2) is 5.48. The Morgan fingerprint density at radius 1 is 1.53 bits per heavy atom. The van der Waals surface area contributed by atoms with Crippen molar-refractivity contribution in [3.63, 3.8) is 0 Å². The first kappa shape index (κ1) is 13.7. The monoisotopic (exact) mass is 325 g/mol. The number of imide groups is 1. The molecule has 0 radical (unpaired) electrons. The van der Waals surface area contributed by atoms with Crippen LogP contribution in [-0.4, -0.2) is 40.2 Å². The van der Waals surface area contributed by atoms with Crippen LogP contribution < -0.4 is 5.32 Å². The summed E-state index contributed by atoms with van der Waals surface area (Å²) in [5.74, 6) is -1.15. The molecule has 0 aromatic carbocycles. The fourth-order valence-corrected chi connectivity index (χ4v) is 2.18. The molecule has 0 bridgehead atoms. The largest absolute Gasteiger partial charge is 0.325 e. The second-order valence-electron chi connectivity index (χ2n) is 4.09. The highest BCUT2D eigenvalue weighted by Crippen LogP contribution is 2.15. The number of hydrogen-bond donors (Lipinski definition) is 1. The Bertz CT molecular complexity index is 530. The van der Waals surface area contributed by atoms with E-state index in [0.29, 0.717) is 6.54 Å². The molecule has 0 saturated carbocycles. The summed E-state index contributed by atoms with van der Waals surface area (Å²) in [7, 11) is 0. The summed E-state index contributed by atoms with van der Waals surface area (Å²) in [5, 5.41) is 2.20. The lowest BCUT2D eigenvalue weighted by Crippen LogP contribution is -2.44. The van der Waals surface area contributed by atoms with Gasteiger partial charge in [0, 0.05) is 17.2 Å². The van der Waals surface area contributed by atoms with E-state index in [4.69, 9.17) is 0 Å². The summed E-state index contributed by atoms with van der Waals surface area (Å²) in [6, 6.07) is 2.54. The highest BCUT2D eigenvalue weighted by atomic mass is 79.9. The van der Waals surface area contributed by atoms with Gasteiger partial charge in [-0.3, -0.25) is 19.7 Å². The van der Waals surface area contributed by atoms with Crippen molar-refractivity contribution in [2.75, 3.05) is 6.54 Å². The number of rotatable bonds is 3. The van der Waals surface area contributed by atoms with E-state index >= 15 is 0 Å². The fraction of sp³-hybridized carbons (Fsp3) is 0.333.